The number of rotatable bonds is 5. The molecule has 2 N–H and O–H groups in total. The third-order valence-corrected chi connectivity index (χ3v) is 2.93. The predicted octanol–water partition coefficient (Wildman–Crippen LogP) is 1.44. The van der Waals surface area contributed by atoms with Crippen molar-refractivity contribution in [1.29, 1.82) is 0 Å². The molecule has 2 aromatic rings. The maximum absolute atomic E-state index is 11.2. The number of aryl methyl sites for hydroxylation is 3. The van der Waals surface area contributed by atoms with Crippen LogP contribution in [0.1, 0.15) is 21.7 Å². The number of carbonyl (C=O) groups excluding carboxylic acids is 1. The highest BCUT2D eigenvalue weighted by molar-refractivity contribution is 5.89. The summed E-state index contributed by atoms with van der Waals surface area (Å²) in [5.74, 6) is -1.24. The lowest BCUT2D eigenvalue weighted by Gasteiger charge is -2.03. The van der Waals surface area contributed by atoms with Crippen LogP contribution >= 0.6 is 0 Å². The molecule has 7 heteroatoms. The Morgan fingerprint density at radius 3 is 2.60 bits per heavy atom. The summed E-state index contributed by atoms with van der Waals surface area (Å²) in [6.45, 7) is 2.40. The zero-order valence-corrected chi connectivity index (χ0v) is 10.9. The maximum Gasteiger partial charge on any atom is 0.382 e. The van der Waals surface area contributed by atoms with Gasteiger partial charge in [-0.1, -0.05) is 29.8 Å². The van der Waals surface area contributed by atoms with Gasteiger partial charge in [0.25, 0.3) is 0 Å². The van der Waals surface area contributed by atoms with E-state index < -0.39 is 10.8 Å². The Labute approximate surface area is 115 Å². The average molecular weight is 274 g/mol. The number of nitrogens with zero attached hydrogens (tertiary/aromatic N) is 3. The van der Waals surface area contributed by atoms with E-state index in [1.165, 1.54) is 10.8 Å². The summed E-state index contributed by atoms with van der Waals surface area (Å²) in [7, 11) is 0. The number of benzene rings is 1. The molecule has 0 unspecified atom stereocenters. The van der Waals surface area contributed by atoms with Crippen LogP contribution < -0.4 is 5.73 Å². The first kappa shape index (κ1) is 13.7. The van der Waals surface area contributed by atoms with Gasteiger partial charge >= 0.3 is 17.5 Å². The number of nitrogens with two attached hydrogens (primary N) is 1. The van der Waals surface area contributed by atoms with Crippen molar-refractivity contribution < 1.29 is 9.72 Å². The first-order chi connectivity index (χ1) is 9.47. The lowest BCUT2D eigenvalue weighted by atomic mass is 10.1. The van der Waals surface area contributed by atoms with Gasteiger partial charge in [-0.15, -0.1) is 0 Å². The molecule has 0 saturated heterocycles. The summed E-state index contributed by atoms with van der Waals surface area (Å²) in [6.07, 6.45) is 1.86. The number of imidazole rings is 1. The SMILES string of the molecule is Cc1ccc(CCn2cc([N+](=O)[O-])nc2C(N)=O)cc1. The lowest BCUT2D eigenvalue weighted by Crippen LogP contribution is -2.18. The van der Waals surface area contributed by atoms with Crippen LogP contribution in [0.25, 0.3) is 0 Å². The molecule has 0 bridgehead atoms. The molecule has 0 aliphatic heterocycles. The maximum atomic E-state index is 11.2. The van der Waals surface area contributed by atoms with Crippen molar-refractivity contribution in [2.75, 3.05) is 0 Å². The number of carbonyl (C=O) groups is 1. The molecule has 1 aromatic heterocycles. The van der Waals surface area contributed by atoms with Gasteiger partial charge < -0.3 is 15.8 Å². The zero-order chi connectivity index (χ0) is 14.7. The molecule has 1 aromatic carbocycles. The van der Waals surface area contributed by atoms with Crippen LogP contribution in [0.4, 0.5) is 5.82 Å². The second-order valence-electron chi connectivity index (χ2n) is 4.47. The van der Waals surface area contributed by atoms with Gasteiger partial charge in [0.1, 0.15) is 6.20 Å². The second kappa shape index (κ2) is 5.52. The molecule has 0 saturated carbocycles. The molecule has 7 nitrogen and oxygen atoms in total. The van der Waals surface area contributed by atoms with Crippen LogP contribution in [0.3, 0.4) is 0 Å². The summed E-state index contributed by atoms with van der Waals surface area (Å²) in [4.78, 5) is 24.9. The van der Waals surface area contributed by atoms with Crippen molar-refractivity contribution >= 4 is 11.7 Å². The van der Waals surface area contributed by atoms with E-state index in [-0.39, 0.29) is 11.6 Å². The van der Waals surface area contributed by atoms with Crippen molar-refractivity contribution in [1.82, 2.24) is 9.55 Å². The van der Waals surface area contributed by atoms with E-state index in [0.29, 0.717) is 13.0 Å². The summed E-state index contributed by atoms with van der Waals surface area (Å²) in [5, 5.41) is 10.7. The van der Waals surface area contributed by atoms with Crippen LogP contribution in [0.5, 0.6) is 0 Å². The molecule has 0 atom stereocenters. The van der Waals surface area contributed by atoms with Gasteiger partial charge in [0, 0.05) is 6.54 Å². The van der Waals surface area contributed by atoms with Crippen molar-refractivity contribution in [3.05, 3.63) is 57.5 Å². The highest BCUT2D eigenvalue weighted by Gasteiger charge is 2.22. The van der Waals surface area contributed by atoms with Gasteiger partial charge in [0.05, 0.1) is 0 Å². The summed E-state index contributed by atoms with van der Waals surface area (Å²) >= 11 is 0. The van der Waals surface area contributed by atoms with E-state index in [1.54, 1.807) is 0 Å². The topological polar surface area (TPSA) is 104 Å². The van der Waals surface area contributed by atoms with Crippen molar-refractivity contribution in [2.45, 2.75) is 19.9 Å². The Bertz CT molecular complexity index is 646. The Morgan fingerprint density at radius 2 is 2.05 bits per heavy atom. The van der Waals surface area contributed by atoms with Gasteiger partial charge in [0.15, 0.2) is 0 Å². The Hall–Kier alpha value is -2.70. The smallest absolute Gasteiger partial charge is 0.361 e. The van der Waals surface area contributed by atoms with E-state index >= 15 is 0 Å². The number of hydrogen-bond acceptors (Lipinski definition) is 4. The number of nitro groups is 1. The normalized spacial score (nSPS) is 10.4. The summed E-state index contributed by atoms with van der Waals surface area (Å²) < 4.78 is 1.42. The molecule has 20 heavy (non-hydrogen) atoms. The molecule has 2 rings (SSSR count). The number of amides is 1. The summed E-state index contributed by atoms with van der Waals surface area (Å²) in [5.41, 5.74) is 7.40. The average Bonchev–Trinajstić information content (AvgIpc) is 2.82. The minimum atomic E-state index is -0.776. The monoisotopic (exact) mass is 274 g/mol. The molecule has 104 valence electrons. The fourth-order valence-electron chi connectivity index (χ4n) is 1.86. The molecular weight excluding hydrogens is 260 g/mol. The van der Waals surface area contributed by atoms with Crippen molar-refractivity contribution in [3.63, 3.8) is 0 Å². The standard InChI is InChI=1S/C13H14N4O3/c1-9-2-4-10(5-3-9)6-7-16-8-11(17(19)20)15-13(16)12(14)18/h2-5,8H,6-7H2,1H3,(H2,14,18). The van der Waals surface area contributed by atoms with E-state index in [9.17, 15) is 14.9 Å². The Kier molecular flexibility index (Phi) is 3.79. The predicted molar refractivity (Wildman–Crippen MR) is 72.3 cm³/mol. The van der Waals surface area contributed by atoms with Crippen molar-refractivity contribution in [3.8, 4) is 0 Å². The molecule has 0 aliphatic rings. The molecule has 0 fully saturated rings. The molecule has 0 spiro atoms. The van der Waals surface area contributed by atoms with Gasteiger partial charge in [-0.05, 0) is 28.8 Å². The third kappa shape index (κ3) is 3.00. The highest BCUT2D eigenvalue weighted by atomic mass is 16.6. The zero-order valence-electron chi connectivity index (χ0n) is 10.9. The summed E-state index contributed by atoms with van der Waals surface area (Å²) in [6, 6.07) is 7.93. The van der Waals surface area contributed by atoms with Crippen LogP contribution in [0.2, 0.25) is 0 Å². The molecule has 1 amide bonds. The number of aromatic nitrogens is 2. The van der Waals surface area contributed by atoms with Crippen LogP contribution in [0.15, 0.2) is 30.5 Å². The quantitative estimate of drug-likeness (QED) is 0.658. The van der Waals surface area contributed by atoms with Gasteiger partial charge in [-0.25, -0.2) is 0 Å². The highest BCUT2D eigenvalue weighted by Crippen LogP contribution is 2.12. The Balaban J connectivity index is 2.17. The van der Waals surface area contributed by atoms with Crippen molar-refractivity contribution in [2.24, 2.45) is 5.73 Å². The first-order valence-corrected chi connectivity index (χ1v) is 6.04. The van der Waals surface area contributed by atoms with Gasteiger partial charge in [-0.2, -0.15) is 0 Å². The molecule has 1 heterocycles. The molecule has 0 radical (unpaired) electrons. The molecule has 0 aliphatic carbocycles. The number of primary amides is 1. The number of hydrogen-bond donors (Lipinski definition) is 1. The minimum absolute atomic E-state index is 0.0937. The fraction of sp³-hybridized carbons (Fsp3) is 0.231. The Morgan fingerprint density at radius 1 is 1.40 bits per heavy atom. The van der Waals surface area contributed by atoms with Crippen LogP contribution in [-0.2, 0) is 13.0 Å². The lowest BCUT2D eigenvalue weighted by molar-refractivity contribution is -0.389. The van der Waals surface area contributed by atoms with Gasteiger partial charge in [-0.3, -0.25) is 9.36 Å². The molecular formula is C13H14N4O3. The first-order valence-electron chi connectivity index (χ1n) is 6.04. The minimum Gasteiger partial charge on any atom is -0.361 e. The second-order valence-corrected chi connectivity index (χ2v) is 4.47. The van der Waals surface area contributed by atoms with Crippen LogP contribution in [-0.4, -0.2) is 20.4 Å². The third-order valence-electron chi connectivity index (χ3n) is 2.93. The largest absolute Gasteiger partial charge is 0.382 e. The van der Waals surface area contributed by atoms with E-state index in [4.69, 9.17) is 5.73 Å². The van der Waals surface area contributed by atoms with E-state index in [1.807, 2.05) is 31.2 Å². The van der Waals surface area contributed by atoms with E-state index in [0.717, 1.165) is 11.1 Å². The van der Waals surface area contributed by atoms with Crippen LogP contribution in [0, 0.1) is 17.0 Å². The van der Waals surface area contributed by atoms with E-state index in [2.05, 4.69) is 4.98 Å². The van der Waals surface area contributed by atoms with Gasteiger partial charge in [0.2, 0.25) is 0 Å². The fourth-order valence-corrected chi connectivity index (χ4v) is 1.86.